The van der Waals surface area contributed by atoms with Gasteiger partial charge < -0.3 is 14.2 Å². The molecular weight excluding hydrogens is 805 g/mol. The highest BCUT2D eigenvalue weighted by molar-refractivity contribution is 5.71. The van der Waals surface area contributed by atoms with Gasteiger partial charge in [-0.3, -0.25) is 14.4 Å². The molecule has 6 nitrogen and oxygen atoms in total. The summed E-state index contributed by atoms with van der Waals surface area (Å²) < 4.78 is 16.8. The van der Waals surface area contributed by atoms with Gasteiger partial charge in [0.05, 0.1) is 0 Å². The third kappa shape index (κ3) is 51.4. The normalized spacial score (nSPS) is 12.7. The Morgan fingerprint density at radius 3 is 0.938 bits per heavy atom. The first kappa shape index (κ1) is 61.6. The zero-order valence-electron chi connectivity index (χ0n) is 42.5. The molecule has 0 aromatic carbocycles. The third-order valence-corrected chi connectivity index (χ3v) is 11.3. The van der Waals surface area contributed by atoms with Crippen molar-refractivity contribution in [1.82, 2.24) is 0 Å². The quantitative estimate of drug-likeness (QED) is 0.0262. The minimum Gasteiger partial charge on any atom is -0.462 e. The van der Waals surface area contributed by atoms with Crippen LogP contribution in [0.5, 0.6) is 0 Å². The minimum absolute atomic E-state index is 0.104. The van der Waals surface area contributed by atoms with E-state index in [1.807, 2.05) is 0 Å². The number of hydrogen-bond donors (Lipinski definition) is 0. The number of rotatable bonds is 48. The lowest BCUT2D eigenvalue weighted by Gasteiger charge is -2.18. The number of carbonyl (C=O) groups excluding carboxylic acids is 3. The molecule has 372 valence electrons. The van der Waals surface area contributed by atoms with Gasteiger partial charge in [-0.25, -0.2) is 0 Å². The molecule has 0 spiro atoms. The zero-order valence-corrected chi connectivity index (χ0v) is 42.5. The number of carbonyl (C=O) groups is 3. The van der Waals surface area contributed by atoms with Crippen molar-refractivity contribution in [3.63, 3.8) is 0 Å². The van der Waals surface area contributed by atoms with Crippen molar-refractivity contribution in [2.75, 3.05) is 13.2 Å². The highest BCUT2D eigenvalue weighted by atomic mass is 16.6. The van der Waals surface area contributed by atoms with Crippen molar-refractivity contribution in [2.45, 2.75) is 258 Å². The molecule has 0 radical (unpaired) electrons. The van der Waals surface area contributed by atoms with Crippen LogP contribution in [0.15, 0.2) is 85.1 Å². The van der Waals surface area contributed by atoms with E-state index < -0.39 is 6.10 Å². The average Bonchev–Trinajstić information content (AvgIpc) is 3.30. The molecule has 6 heteroatoms. The Balaban J connectivity index is 4.50. The zero-order chi connectivity index (χ0) is 47.2. The predicted octanol–water partition coefficient (Wildman–Crippen LogP) is 18.0. The van der Waals surface area contributed by atoms with Crippen LogP contribution in [0.3, 0.4) is 0 Å². The van der Waals surface area contributed by atoms with E-state index in [1.54, 1.807) is 0 Å². The summed E-state index contributed by atoms with van der Waals surface area (Å²) in [7, 11) is 0. The van der Waals surface area contributed by atoms with Gasteiger partial charge in [0.1, 0.15) is 13.2 Å². The van der Waals surface area contributed by atoms with Gasteiger partial charge >= 0.3 is 17.9 Å². The van der Waals surface area contributed by atoms with E-state index in [0.717, 1.165) is 103 Å². The summed E-state index contributed by atoms with van der Waals surface area (Å²) in [5.41, 5.74) is 0. The van der Waals surface area contributed by atoms with Crippen molar-refractivity contribution in [1.29, 1.82) is 0 Å². The van der Waals surface area contributed by atoms with Crippen LogP contribution in [-0.2, 0) is 28.6 Å². The smallest absolute Gasteiger partial charge is 0.306 e. The standard InChI is InChI=1S/C59H100O6/c1-4-7-10-13-16-19-22-25-28-29-32-34-37-40-43-46-49-52-58(61)64-55-56(65-59(62)53-50-47-44-41-38-35-31-27-24-21-18-15-12-9-6-3)54-63-57(60)51-48-45-42-39-36-33-30-26-23-20-17-14-11-8-5-2/h16,18-19,21,25-28,30-32,34,38,41,56H,4-15,17,20,22-24,29,33,35-37,39-40,42-55H2,1-3H3/b19-16-,21-18-,28-25-,30-26-,31-27-,34-32-,41-38-/t56-/m1/s1. The van der Waals surface area contributed by atoms with Crippen LogP contribution in [0, 0.1) is 0 Å². The van der Waals surface area contributed by atoms with Crippen molar-refractivity contribution in [3.8, 4) is 0 Å². The molecule has 0 aromatic heterocycles. The molecule has 0 amide bonds. The van der Waals surface area contributed by atoms with Crippen LogP contribution >= 0.6 is 0 Å². The lowest BCUT2D eigenvalue weighted by molar-refractivity contribution is -0.167. The fourth-order valence-electron chi connectivity index (χ4n) is 7.21. The van der Waals surface area contributed by atoms with E-state index in [1.165, 1.54) is 103 Å². The maximum absolute atomic E-state index is 12.8. The fraction of sp³-hybridized carbons (Fsp3) is 0.712. The average molecular weight is 905 g/mol. The van der Waals surface area contributed by atoms with Gasteiger partial charge in [-0.1, -0.05) is 196 Å². The van der Waals surface area contributed by atoms with E-state index in [4.69, 9.17) is 14.2 Å². The second-order valence-electron chi connectivity index (χ2n) is 17.8. The fourth-order valence-corrected chi connectivity index (χ4v) is 7.21. The maximum Gasteiger partial charge on any atom is 0.306 e. The second kappa shape index (κ2) is 53.2. The molecule has 1 atom stereocenters. The maximum atomic E-state index is 12.8. The van der Waals surface area contributed by atoms with Crippen molar-refractivity contribution in [2.24, 2.45) is 0 Å². The van der Waals surface area contributed by atoms with Gasteiger partial charge in [-0.05, 0) is 122 Å². The van der Waals surface area contributed by atoms with Crippen LogP contribution in [0.1, 0.15) is 252 Å². The van der Waals surface area contributed by atoms with Crippen molar-refractivity contribution in [3.05, 3.63) is 85.1 Å². The Hall–Kier alpha value is -3.41. The van der Waals surface area contributed by atoms with Gasteiger partial charge in [0.15, 0.2) is 6.10 Å². The highest BCUT2D eigenvalue weighted by Crippen LogP contribution is 2.13. The van der Waals surface area contributed by atoms with Crippen LogP contribution in [0.25, 0.3) is 0 Å². The molecule has 0 saturated heterocycles. The molecule has 0 heterocycles. The number of esters is 3. The van der Waals surface area contributed by atoms with Crippen LogP contribution in [0.4, 0.5) is 0 Å². The van der Waals surface area contributed by atoms with Gasteiger partial charge in [-0.2, -0.15) is 0 Å². The molecule has 0 fully saturated rings. The van der Waals surface area contributed by atoms with Crippen molar-refractivity contribution < 1.29 is 28.6 Å². The molecular formula is C59H100O6. The Morgan fingerprint density at radius 2 is 0.554 bits per heavy atom. The molecule has 0 unspecified atom stereocenters. The lowest BCUT2D eigenvalue weighted by Crippen LogP contribution is -2.30. The summed E-state index contributed by atoms with van der Waals surface area (Å²) >= 11 is 0. The summed E-state index contributed by atoms with van der Waals surface area (Å²) in [4.78, 5) is 38.0. The van der Waals surface area contributed by atoms with Gasteiger partial charge in [0, 0.05) is 19.3 Å². The van der Waals surface area contributed by atoms with Gasteiger partial charge in [0.2, 0.25) is 0 Å². The summed E-state index contributed by atoms with van der Waals surface area (Å²) in [5, 5.41) is 0. The lowest BCUT2D eigenvalue weighted by atomic mass is 10.1. The summed E-state index contributed by atoms with van der Waals surface area (Å²) in [5.74, 6) is -0.971. The SMILES string of the molecule is CCCCC/C=C\C/C=C\C/C=C\CCCCCCC(=O)OC[C@@H](COC(=O)CCCCCCC/C=C\CCCCCCCC)OC(=O)CCCC/C=C\C/C=C\C/C=C\CCCCC. The molecule has 0 aromatic rings. The third-order valence-electron chi connectivity index (χ3n) is 11.3. The minimum atomic E-state index is -0.809. The summed E-state index contributed by atoms with van der Waals surface area (Å²) in [6, 6.07) is 0. The Morgan fingerprint density at radius 1 is 0.308 bits per heavy atom. The van der Waals surface area contributed by atoms with Crippen molar-refractivity contribution >= 4 is 17.9 Å². The van der Waals surface area contributed by atoms with Crippen LogP contribution in [-0.4, -0.2) is 37.2 Å². The van der Waals surface area contributed by atoms with E-state index >= 15 is 0 Å². The Kier molecular flexibility index (Phi) is 50.4. The second-order valence-corrected chi connectivity index (χ2v) is 17.8. The summed E-state index contributed by atoms with van der Waals surface area (Å²) in [6.07, 6.45) is 68.5. The largest absolute Gasteiger partial charge is 0.462 e. The van der Waals surface area contributed by atoms with Gasteiger partial charge in [0.25, 0.3) is 0 Å². The number of unbranched alkanes of at least 4 members (excludes halogenated alkanes) is 23. The molecule has 0 aliphatic heterocycles. The van der Waals surface area contributed by atoms with E-state index in [-0.39, 0.29) is 37.5 Å². The van der Waals surface area contributed by atoms with Gasteiger partial charge in [-0.15, -0.1) is 0 Å². The van der Waals surface area contributed by atoms with E-state index in [9.17, 15) is 14.4 Å². The molecule has 0 saturated carbocycles. The van der Waals surface area contributed by atoms with Crippen LogP contribution in [0.2, 0.25) is 0 Å². The molecule has 65 heavy (non-hydrogen) atoms. The monoisotopic (exact) mass is 905 g/mol. The highest BCUT2D eigenvalue weighted by Gasteiger charge is 2.19. The Labute approximate surface area is 401 Å². The first-order chi connectivity index (χ1) is 32.0. The molecule has 0 aliphatic carbocycles. The van der Waals surface area contributed by atoms with E-state index in [2.05, 4.69) is 106 Å². The number of ether oxygens (including phenoxy) is 3. The Bertz CT molecular complexity index is 1270. The summed E-state index contributed by atoms with van der Waals surface area (Å²) in [6.45, 7) is 6.52. The molecule has 0 bridgehead atoms. The molecule has 0 N–H and O–H groups in total. The number of hydrogen-bond acceptors (Lipinski definition) is 6. The number of allylic oxidation sites excluding steroid dienone is 14. The first-order valence-corrected chi connectivity index (χ1v) is 27.1. The van der Waals surface area contributed by atoms with E-state index in [0.29, 0.717) is 19.3 Å². The topological polar surface area (TPSA) is 78.9 Å². The molecule has 0 rings (SSSR count). The predicted molar refractivity (Wildman–Crippen MR) is 279 cm³/mol. The molecule has 0 aliphatic rings. The van der Waals surface area contributed by atoms with Crippen LogP contribution < -0.4 is 0 Å². The first-order valence-electron chi connectivity index (χ1n) is 27.1.